The largest absolute Gasteiger partial charge is 0.317 e. The first-order valence-corrected chi connectivity index (χ1v) is 8.99. The summed E-state index contributed by atoms with van der Waals surface area (Å²) in [5.41, 5.74) is 0.793. The average molecular weight is 308 g/mol. The number of rotatable bonds is 3. The molecule has 0 aromatic heterocycles. The van der Waals surface area contributed by atoms with Gasteiger partial charge in [0.15, 0.2) is 9.84 Å². The molecule has 5 nitrogen and oxygen atoms in total. The summed E-state index contributed by atoms with van der Waals surface area (Å²) in [4.78, 5) is 13.8. The Morgan fingerprint density at radius 1 is 1.10 bits per heavy atom. The molecular weight excluding hydrogens is 288 g/mol. The third-order valence-corrected chi connectivity index (χ3v) is 6.55. The molecule has 6 heteroatoms. The molecule has 1 aromatic carbocycles. The monoisotopic (exact) mass is 308 g/mol. The number of amides is 1. The Morgan fingerprint density at radius 2 is 1.76 bits per heavy atom. The Hall–Kier alpha value is -1.40. The van der Waals surface area contributed by atoms with Crippen molar-refractivity contribution in [3.63, 3.8) is 0 Å². The van der Waals surface area contributed by atoms with Crippen molar-refractivity contribution in [2.75, 3.05) is 24.5 Å². The van der Waals surface area contributed by atoms with Gasteiger partial charge in [0, 0.05) is 18.7 Å². The van der Waals surface area contributed by atoms with E-state index in [0.717, 1.165) is 31.7 Å². The molecule has 0 aliphatic carbocycles. The summed E-state index contributed by atoms with van der Waals surface area (Å²) < 4.78 is 25.2. The van der Waals surface area contributed by atoms with Crippen LogP contribution in [0.4, 0.5) is 5.69 Å². The Bertz CT molecular complexity index is 619. The van der Waals surface area contributed by atoms with Crippen molar-refractivity contribution in [3.8, 4) is 0 Å². The van der Waals surface area contributed by atoms with E-state index in [0.29, 0.717) is 24.2 Å². The quantitative estimate of drug-likeness (QED) is 0.915. The minimum Gasteiger partial charge on any atom is -0.317 e. The highest BCUT2D eigenvalue weighted by atomic mass is 32.2. The first-order valence-electron chi connectivity index (χ1n) is 7.44. The summed E-state index contributed by atoms with van der Waals surface area (Å²) in [6.45, 7) is 2.23. The molecule has 2 heterocycles. The number of hydrogen-bond acceptors (Lipinski definition) is 4. The van der Waals surface area contributed by atoms with E-state index in [1.165, 1.54) is 0 Å². The van der Waals surface area contributed by atoms with Gasteiger partial charge >= 0.3 is 0 Å². The van der Waals surface area contributed by atoms with E-state index in [4.69, 9.17) is 0 Å². The van der Waals surface area contributed by atoms with Gasteiger partial charge in [0.1, 0.15) is 0 Å². The topological polar surface area (TPSA) is 66.5 Å². The normalized spacial score (nSPS) is 21.0. The Balaban J connectivity index is 1.81. The van der Waals surface area contributed by atoms with E-state index in [1.807, 2.05) is 0 Å². The van der Waals surface area contributed by atoms with Gasteiger partial charge in [0.25, 0.3) is 0 Å². The SMILES string of the molecule is O=C1CCCN1c1ccc(S(=O)(=O)C2CCNCC2)cc1. The van der Waals surface area contributed by atoms with Crippen molar-refractivity contribution in [2.24, 2.45) is 0 Å². The molecule has 0 unspecified atom stereocenters. The first-order chi connectivity index (χ1) is 10.1. The molecule has 0 spiro atoms. The summed E-state index contributed by atoms with van der Waals surface area (Å²) in [6.07, 6.45) is 2.77. The van der Waals surface area contributed by atoms with Crippen LogP contribution in [-0.4, -0.2) is 39.2 Å². The van der Waals surface area contributed by atoms with E-state index >= 15 is 0 Å². The fourth-order valence-corrected chi connectivity index (χ4v) is 4.79. The van der Waals surface area contributed by atoms with Crippen LogP contribution in [0, 0.1) is 0 Å². The molecule has 1 N–H and O–H groups in total. The number of nitrogens with zero attached hydrogens (tertiary/aromatic N) is 1. The Kier molecular flexibility index (Phi) is 3.99. The van der Waals surface area contributed by atoms with Crippen LogP contribution in [0.1, 0.15) is 25.7 Å². The van der Waals surface area contributed by atoms with Crippen LogP contribution in [0.15, 0.2) is 29.2 Å². The standard InChI is InChI=1S/C15H20N2O3S/c18-15-2-1-11-17(15)12-3-5-13(6-4-12)21(19,20)14-7-9-16-10-8-14/h3-6,14,16H,1-2,7-11H2. The van der Waals surface area contributed by atoms with Gasteiger partial charge in [-0.1, -0.05) is 0 Å². The lowest BCUT2D eigenvalue weighted by molar-refractivity contribution is -0.117. The summed E-state index contributed by atoms with van der Waals surface area (Å²) in [7, 11) is -3.26. The second-order valence-corrected chi connectivity index (χ2v) is 7.87. The second-order valence-electron chi connectivity index (χ2n) is 5.64. The number of hydrogen-bond donors (Lipinski definition) is 1. The number of carbonyl (C=O) groups is 1. The highest BCUT2D eigenvalue weighted by Gasteiger charge is 2.29. The second kappa shape index (κ2) is 5.77. The van der Waals surface area contributed by atoms with Gasteiger partial charge < -0.3 is 10.2 Å². The van der Waals surface area contributed by atoms with Gasteiger partial charge in [0.05, 0.1) is 10.1 Å². The van der Waals surface area contributed by atoms with Crippen molar-refractivity contribution in [3.05, 3.63) is 24.3 Å². The van der Waals surface area contributed by atoms with E-state index in [-0.39, 0.29) is 11.2 Å². The summed E-state index contributed by atoms with van der Waals surface area (Å²) in [6, 6.07) is 6.77. The van der Waals surface area contributed by atoms with Crippen LogP contribution in [0.25, 0.3) is 0 Å². The van der Waals surface area contributed by atoms with Crippen molar-refractivity contribution < 1.29 is 13.2 Å². The van der Waals surface area contributed by atoms with Crippen LogP contribution in [-0.2, 0) is 14.6 Å². The number of anilines is 1. The predicted octanol–water partition coefficient (Wildman–Crippen LogP) is 1.34. The molecule has 114 valence electrons. The molecule has 0 saturated carbocycles. The van der Waals surface area contributed by atoms with E-state index < -0.39 is 9.84 Å². The number of carbonyl (C=O) groups excluding carboxylic acids is 1. The van der Waals surface area contributed by atoms with Crippen LogP contribution in [0.5, 0.6) is 0 Å². The zero-order chi connectivity index (χ0) is 14.9. The van der Waals surface area contributed by atoms with Crippen LogP contribution >= 0.6 is 0 Å². The lowest BCUT2D eigenvalue weighted by atomic mass is 10.2. The van der Waals surface area contributed by atoms with Gasteiger partial charge in [-0.15, -0.1) is 0 Å². The fourth-order valence-electron chi connectivity index (χ4n) is 3.04. The van der Waals surface area contributed by atoms with Crippen molar-refractivity contribution in [1.82, 2.24) is 5.32 Å². The molecule has 2 saturated heterocycles. The molecule has 2 aliphatic rings. The molecule has 0 atom stereocenters. The van der Waals surface area contributed by atoms with Gasteiger partial charge in [-0.2, -0.15) is 0 Å². The first kappa shape index (κ1) is 14.5. The number of benzene rings is 1. The van der Waals surface area contributed by atoms with Gasteiger partial charge in [-0.3, -0.25) is 4.79 Å². The molecular formula is C15H20N2O3S. The summed E-state index contributed by atoms with van der Waals surface area (Å²) in [5.74, 6) is 0.115. The molecule has 1 aromatic rings. The number of sulfone groups is 1. The van der Waals surface area contributed by atoms with Crippen LogP contribution < -0.4 is 10.2 Å². The Labute approximate surface area is 125 Å². The van der Waals surface area contributed by atoms with Crippen molar-refractivity contribution in [1.29, 1.82) is 0 Å². The predicted molar refractivity (Wildman–Crippen MR) is 81.1 cm³/mol. The Morgan fingerprint density at radius 3 is 2.33 bits per heavy atom. The molecule has 2 fully saturated rings. The number of piperidine rings is 1. The van der Waals surface area contributed by atoms with E-state index in [2.05, 4.69) is 5.32 Å². The number of nitrogens with one attached hydrogen (secondary N) is 1. The van der Waals surface area contributed by atoms with E-state index in [9.17, 15) is 13.2 Å². The van der Waals surface area contributed by atoms with Crippen molar-refractivity contribution >= 4 is 21.4 Å². The lowest BCUT2D eigenvalue weighted by Gasteiger charge is -2.23. The maximum atomic E-state index is 12.6. The minimum absolute atomic E-state index is 0.115. The third-order valence-electron chi connectivity index (χ3n) is 4.28. The molecule has 1 amide bonds. The van der Waals surface area contributed by atoms with Gasteiger partial charge in [-0.25, -0.2) is 8.42 Å². The van der Waals surface area contributed by atoms with Crippen LogP contribution in [0.3, 0.4) is 0 Å². The molecule has 3 rings (SSSR count). The molecule has 0 radical (unpaired) electrons. The summed E-state index contributed by atoms with van der Waals surface area (Å²) >= 11 is 0. The fraction of sp³-hybridized carbons (Fsp3) is 0.533. The van der Waals surface area contributed by atoms with Crippen LogP contribution in [0.2, 0.25) is 0 Å². The zero-order valence-corrected chi connectivity index (χ0v) is 12.7. The summed E-state index contributed by atoms with van der Waals surface area (Å²) in [5, 5.41) is 2.89. The third kappa shape index (κ3) is 2.82. The molecule has 0 bridgehead atoms. The molecule has 21 heavy (non-hydrogen) atoms. The smallest absolute Gasteiger partial charge is 0.227 e. The maximum Gasteiger partial charge on any atom is 0.227 e. The molecule has 2 aliphatic heterocycles. The van der Waals surface area contributed by atoms with Gasteiger partial charge in [0.2, 0.25) is 5.91 Å². The van der Waals surface area contributed by atoms with E-state index in [1.54, 1.807) is 29.2 Å². The van der Waals surface area contributed by atoms with Gasteiger partial charge in [-0.05, 0) is 56.6 Å². The zero-order valence-electron chi connectivity index (χ0n) is 11.9. The average Bonchev–Trinajstić information content (AvgIpc) is 2.94. The highest BCUT2D eigenvalue weighted by Crippen LogP contribution is 2.26. The highest BCUT2D eigenvalue weighted by molar-refractivity contribution is 7.92. The lowest BCUT2D eigenvalue weighted by Crippen LogP contribution is -2.35. The van der Waals surface area contributed by atoms with Crippen molar-refractivity contribution in [2.45, 2.75) is 35.8 Å². The maximum absolute atomic E-state index is 12.6. The minimum atomic E-state index is -3.26.